The summed E-state index contributed by atoms with van der Waals surface area (Å²) in [6.07, 6.45) is 3.53. The van der Waals surface area contributed by atoms with Crippen LogP contribution in [0.25, 0.3) is 16.9 Å². The molecule has 1 saturated heterocycles. The fraction of sp³-hybridized carbons (Fsp3) is 0.360. The number of likely N-dealkylation sites (N-methyl/N-ethyl adjacent to an activating group) is 1. The van der Waals surface area contributed by atoms with Crippen molar-refractivity contribution < 1.29 is 4.79 Å². The molecule has 2 heterocycles. The van der Waals surface area contributed by atoms with Crippen LogP contribution in [-0.4, -0.2) is 65.3 Å². The van der Waals surface area contributed by atoms with Gasteiger partial charge < -0.3 is 10.2 Å². The topological polar surface area (TPSA) is 53.4 Å². The Labute approximate surface area is 183 Å². The number of aromatic nitrogens is 2. The summed E-state index contributed by atoms with van der Waals surface area (Å²) in [4.78, 5) is 17.3. The Morgan fingerprint density at radius 1 is 0.968 bits per heavy atom. The Morgan fingerprint density at radius 3 is 2.55 bits per heavy atom. The zero-order valence-corrected chi connectivity index (χ0v) is 18.1. The Hall–Kier alpha value is -2.96. The number of para-hydroxylation sites is 1. The van der Waals surface area contributed by atoms with Crippen molar-refractivity contribution in [3.63, 3.8) is 0 Å². The highest BCUT2D eigenvalue weighted by atomic mass is 16.2. The lowest BCUT2D eigenvalue weighted by molar-refractivity contribution is -0.117. The molecule has 1 aromatic heterocycles. The molecule has 2 aromatic carbocycles. The molecule has 1 fully saturated rings. The summed E-state index contributed by atoms with van der Waals surface area (Å²) < 4.78 is 1.84. The lowest BCUT2D eigenvalue weighted by Gasteiger charge is -2.31. The average molecular weight is 416 g/mol. The maximum Gasteiger partial charge on any atom is 0.239 e. The minimum atomic E-state index is 0.00198. The average Bonchev–Trinajstić information content (AvgIpc) is 3.42. The highest BCUT2D eigenvalue weighted by Crippen LogP contribution is 2.30. The van der Waals surface area contributed by atoms with Crippen LogP contribution in [0.5, 0.6) is 0 Å². The van der Waals surface area contributed by atoms with Gasteiger partial charge in [0, 0.05) is 37.8 Å². The van der Waals surface area contributed by atoms with E-state index in [1.54, 1.807) is 0 Å². The third kappa shape index (κ3) is 4.40. The number of anilines is 1. The van der Waals surface area contributed by atoms with Gasteiger partial charge in [-0.05, 0) is 55.6 Å². The van der Waals surface area contributed by atoms with Crippen molar-refractivity contribution in [2.45, 2.75) is 19.3 Å². The predicted molar refractivity (Wildman–Crippen MR) is 124 cm³/mol. The maximum atomic E-state index is 12.8. The molecule has 31 heavy (non-hydrogen) atoms. The Bertz CT molecular complexity index is 1070. The molecule has 5 rings (SSSR count). The lowest BCUT2D eigenvalue weighted by atomic mass is 10.0. The van der Waals surface area contributed by atoms with Crippen molar-refractivity contribution in [3.8, 4) is 16.9 Å². The zero-order valence-electron chi connectivity index (χ0n) is 18.1. The summed E-state index contributed by atoms with van der Waals surface area (Å²) >= 11 is 0. The maximum absolute atomic E-state index is 12.8. The molecular formula is C25H29N5O. The van der Waals surface area contributed by atoms with E-state index in [0.29, 0.717) is 12.4 Å². The second kappa shape index (κ2) is 8.65. The van der Waals surface area contributed by atoms with Crippen molar-refractivity contribution in [2.75, 3.05) is 45.1 Å². The largest absolute Gasteiger partial charge is 0.309 e. The van der Waals surface area contributed by atoms with Gasteiger partial charge in [-0.15, -0.1) is 0 Å². The molecule has 6 heteroatoms. The number of carbonyl (C=O) groups excluding carboxylic acids is 1. The van der Waals surface area contributed by atoms with Crippen molar-refractivity contribution >= 4 is 11.7 Å². The summed E-state index contributed by atoms with van der Waals surface area (Å²) in [6.45, 7) is 4.24. The number of nitrogens with zero attached hydrogens (tertiary/aromatic N) is 4. The molecule has 0 saturated carbocycles. The van der Waals surface area contributed by atoms with E-state index < -0.39 is 0 Å². The van der Waals surface area contributed by atoms with Crippen molar-refractivity contribution in [2.24, 2.45) is 0 Å². The highest BCUT2D eigenvalue weighted by molar-refractivity contribution is 5.92. The van der Waals surface area contributed by atoms with Gasteiger partial charge in [-0.1, -0.05) is 30.3 Å². The van der Waals surface area contributed by atoms with Gasteiger partial charge in [0.05, 0.1) is 17.9 Å². The third-order valence-electron chi connectivity index (χ3n) is 6.33. The molecule has 1 N–H and O–H groups in total. The van der Waals surface area contributed by atoms with E-state index in [-0.39, 0.29) is 5.91 Å². The number of rotatable bonds is 5. The molecular weight excluding hydrogens is 386 g/mol. The number of nitrogens with one attached hydrogen (secondary N) is 1. The highest BCUT2D eigenvalue weighted by Gasteiger charge is 2.19. The van der Waals surface area contributed by atoms with Gasteiger partial charge in [-0.3, -0.25) is 9.69 Å². The zero-order chi connectivity index (χ0) is 21.2. The van der Waals surface area contributed by atoms with Crippen molar-refractivity contribution in [3.05, 3.63) is 65.7 Å². The minimum absolute atomic E-state index is 0.00198. The van der Waals surface area contributed by atoms with E-state index in [0.717, 1.165) is 49.5 Å². The number of hydrogen-bond donors (Lipinski definition) is 1. The van der Waals surface area contributed by atoms with Crippen molar-refractivity contribution in [1.82, 2.24) is 19.6 Å². The Morgan fingerprint density at radius 2 is 1.74 bits per heavy atom. The number of aryl methyl sites for hydroxylation is 2. The molecule has 0 spiro atoms. The van der Waals surface area contributed by atoms with Crippen LogP contribution in [0.1, 0.15) is 17.5 Å². The quantitative estimate of drug-likeness (QED) is 0.695. The van der Waals surface area contributed by atoms with Crippen LogP contribution >= 0.6 is 0 Å². The number of benzene rings is 2. The van der Waals surface area contributed by atoms with Crippen LogP contribution in [0, 0.1) is 0 Å². The number of fused-ring (bicyclic) bond motifs is 1. The molecule has 0 atom stereocenters. The Balaban J connectivity index is 1.41. The van der Waals surface area contributed by atoms with E-state index >= 15 is 0 Å². The van der Waals surface area contributed by atoms with Gasteiger partial charge >= 0.3 is 0 Å². The van der Waals surface area contributed by atoms with Gasteiger partial charge in [0.25, 0.3) is 0 Å². The first-order valence-corrected chi connectivity index (χ1v) is 11.1. The molecule has 2 aliphatic rings. The normalized spacial score (nSPS) is 16.9. The molecule has 1 aliphatic heterocycles. The number of amides is 1. The summed E-state index contributed by atoms with van der Waals surface area (Å²) in [5.41, 5.74) is 5.79. The molecule has 6 nitrogen and oxygen atoms in total. The van der Waals surface area contributed by atoms with Gasteiger partial charge in [0.1, 0.15) is 5.82 Å². The molecule has 0 radical (unpaired) electrons. The molecule has 1 aliphatic carbocycles. The first-order valence-electron chi connectivity index (χ1n) is 11.1. The molecule has 0 bridgehead atoms. The van der Waals surface area contributed by atoms with Gasteiger partial charge in [0.15, 0.2) is 0 Å². The van der Waals surface area contributed by atoms with E-state index in [1.165, 1.54) is 24.0 Å². The van der Waals surface area contributed by atoms with Crippen LogP contribution in [0.3, 0.4) is 0 Å². The third-order valence-corrected chi connectivity index (χ3v) is 6.33. The number of carbonyl (C=O) groups is 1. The predicted octanol–water partition coefficient (Wildman–Crippen LogP) is 3.21. The standard InChI is InChI=1S/C25H29N5O/c1-28-12-14-29(15-13-28)18-25(31)26-24-17-23(27-30(24)22-8-3-2-4-9-22)21-11-10-19-6-5-7-20(19)16-21/h2-4,8-11,16-17H,5-7,12-15,18H2,1H3,(H,26,31). The SMILES string of the molecule is CN1CCN(CC(=O)Nc2cc(-c3ccc4c(c3)CCC4)nn2-c2ccccc2)CC1. The van der Waals surface area contributed by atoms with E-state index in [2.05, 4.69) is 40.4 Å². The fourth-order valence-corrected chi connectivity index (χ4v) is 4.50. The van der Waals surface area contributed by atoms with E-state index in [9.17, 15) is 4.79 Å². The second-order valence-corrected chi connectivity index (χ2v) is 8.63. The van der Waals surface area contributed by atoms with Crippen LogP contribution < -0.4 is 5.32 Å². The molecule has 160 valence electrons. The molecule has 3 aromatic rings. The molecule has 1 amide bonds. The van der Waals surface area contributed by atoms with Crippen LogP contribution in [0.2, 0.25) is 0 Å². The van der Waals surface area contributed by atoms with Crippen molar-refractivity contribution in [1.29, 1.82) is 0 Å². The second-order valence-electron chi connectivity index (χ2n) is 8.63. The fourth-order valence-electron chi connectivity index (χ4n) is 4.50. The Kier molecular flexibility index (Phi) is 5.57. The van der Waals surface area contributed by atoms with Gasteiger partial charge in [0.2, 0.25) is 5.91 Å². The van der Waals surface area contributed by atoms with Gasteiger partial charge in [-0.2, -0.15) is 5.10 Å². The number of piperazine rings is 1. The molecule has 0 unspecified atom stereocenters. The van der Waals surface area contributed by atoms with Crippen LogP contribution in [-0.2, 0) is 17.6 Å². The van der Waals surface area contributed by atoms with E-state index in [4.69, 9.17) is 5.10 Å². The number of hydrogen-bond acceptors (Lipinski definition) is 4. The smallest absolute Gasteiger partial charge is 0.239 e. The summed E-state index contributed by atoms with van der Waals surface area (Å²) in [5, 5.41) is 7.98. The first-order chi connectivity index (χ1) is 15.2. The minimum Gasteiger partial charge on any atom is -0.309 e. The summed E-state index contributed by atoms with van der Waals surface area (Å²) in [5.74, 6) is 0.711. The monoisotopic (exact) mass is 415 g/mol. The lowest BCUT2D eigenvalue weighted by Crippen LogP contribution is -2.47. The van der Waals surface area contributed by atoms with Gasteiger partial charge in [-0.25, -0.2) is 4.68 Å². The first kappa shape index (κ1) is 20.0. The van der Waals surface area contributed by atoms with Crippen LogP contribution in [0.15, 0.2) is 54.6 Å². The summed E-state index contributed by atoms with van der Waals surface area (Å²) in [7, 11) is 2.12. The summed E-state index contributed by atoms with van der Waals surface area (Å²) in [6, 6.07) is 18.6. The van der Waals surface area contributed by atoms with E-state index in [1.807, 2.05) is 41.1 Å². The van der Waals surface area contributed by atoms with Crippen LogP contribution in [0.4, 0.5) is 5.82 Å².